The number of allylic oxidation sites excluding steroid dienone is 1. The zero-order valence-electron chi connectivity index (χ0n) is 6.21. The van der Waals surface area contributed by atoms with Gasteiger partial charge in [-0.2, -0.15) is 0 Å². The zero-order chi connectivity index (χ0) is 6.78. The van der Waals surface area contributed by atoms with Crippen molar-refractivity contribution in [2.45, 2.75) is 26.6 Å². The van der Waals surface area contributed by atoms with Crippen molar-refractivity contribution >= 4 is 8.07 Å². The van der Waals surface area contributed by atoms with Crippen LogP contribution >= 0.6 is 0 Å². The van der Waals surface area contributed by atoms with Crippen molar-refractivity contribution in [3.05, 3.63) is 17.5 Å². The quantitative estimate of drug-likeness (QED) is 0.374. The fourth-order valence-corrected chi connectivity index (χ4v) is 0.795. The Kier molecular flexibility index (Phi) is 2.26. The summed E-state index contributed by atoms with van der Waals surface area (Å²) in [5.41, 5.74) is 2.93. The van der Waals surface area contributed by atoms with Gasteiger partial charge in [-0.05, 0) is 12.1 Å². The van der Waals surface area contributed by atoms with Crippen LogP contribution in [0.2, 0.25) is 19.6 Å². The minimum absolute atomic E-state index is 1.02. The molecule has 0 heterocycles. The summed E-state index contributed by atoms with van der Waals surface area (Å²) in [5, 5.41) is 1.36. The predicted octanol–water partition coefficient (Wildman–Crippen LogP) is 2.60. The maximum Gasteiger partial charge on any atom is 0.0819 e. The van der Waals surface area contributed by atoms with Gasteiger partial charge in [-0.15, -0.1) is 5.73 Å². The lowest BCUT2D eigenvalue weighted by Gasteiger charge is -2.13. The second-order valence-corrected chi connectivity index (χ2v) is 8.30. The molecule has 0 atom stereocenters. The highest BCUT2D eigenvalue weighted by atomic mass is 28.3. The molecule has 0 saturated heterocycles. The highest BCUT2D eigenvalue weighted by Gasteiger charge is 2.13. The Morgan fingerprint density at radius 1 is 1.38 bits per heavy atom. The standard InChI is InChI=1S/C7H14Si/c1-6-7(2)8(3,4)5/h1H2,2-5H3. The molecule has 0 amide bonds. The van der Waals surface area contributed by atoms with Crippen molar-refractivity contribution in [1.29, 1.82) is 0 Å². The average Bonchev–Trinajstić information content (AvgIpc) is 1.62. The summed E-state index contributed by atoms with van der Waals surface area (Å²) in [5.74, 6) is 0. The molecule has 0 aromatic rings. The Balaban J connectivity index is 4.26. The van der Waals surface area contributed by atoms with Crippen molar-refractivity contribution < 1.29 is 0 Å². The third kappa shape index (κ3) is 2.15. The molecule has 0 bridgehead atoms. The highest BCUT2D eigenvalue weighted by Crippen LogP contribution is 2.10. The van der Waals surface area contributed by atoms with Crippen LogP contribution in [-0.2, 0) is 0 Å². The van der Waals surface area contributed by atoms with E-state index in [0.29, 0.717) is 0 Å². The van der Waals surface area contributed by atoms with E-state index in [2.05, 4.69) is 38.9 Å². The first kappa shape index (κ1) is 7.74. The molecule has 0 aromatic carbocycles. The van der Waals surface area contributed by atoms with Crippen LogP contribution in [0.25, 0.3) is 0 Å². The Labute approximate surface area is 52.9 Å². The third-order valence-corrected chi connectivity index (χ3v) is 3.82. The van der Waals surface area contributed by atoms with Crippen LogP contribution in [0, 0.1) is 0 Å². The fraction of sp³-hybridized carbons (Fsp3) is 0.571. The lowest BCUT2D eigenvalue weighted by Crippen LogP contribution is -2.21. The van der Waals surface area contributed by atoms with E-state index in [-0.39, 0.29) is 0 Å². The smallest absolute Gasteiger partial charge is 0.0819 e. The molecule has 8 heavy (non-hydrogen) atoms. The van der Waals surface area contributed by atoms with Gasteiger partial charge in [0.1, 0.15) is 0 Å². The topological polar surface area (TPSA) is 0 Å². The second kappa shape index (κ2) is 2.34. The maximum atomic E-state index is 3.60. The van der Waals surface area contributed by atoms with Crippen molar-refractivity contribution in [3.8, 4) is 0 Å². The monoisotopic (exact) mass is 126 g/mol. The SMILES string of the molecule is C=C=C(C)[Si](C)(C)C. The molecule has 0 N–H and O–H groups in total. The van der Waals surface area contributed by atoms with E-state index in [4.69, 9.17) is 0 Å². The zero-order valence-corrected chi connectivity index (χ0v) is 7.21. The van der Waals surface area contributed by atoms with Crippen LogP contribution in [0.3, 0.4) is 0 Å². The summed E-state index contributed by atoms with van der Waals surface area (Å²) in [7, 11) is -1.02. The first-order valence-electron chi connectivity index (χ1n) is 2.85. The van der Waals surface area contributed by atoms with Crippen molar-refractivity contribution in [2.24, 2.45) is 0 Å². The van der Waals surface area contributed by atoms with E-state index in [1.807, 2.05) is 0 Å². The first-order chi connectivity index (χ1) is 3.48. The summed E-state index contributed by atoms with van der Waals surface area (Å²) in [6.07, 6.45) is 0. The fourth-order valence-electron chi connectivity index (χ4n) is 0.265. The van der Waals surface area contributed by atoms with E-state index in [0.717, 1.165) is 0 Å². The second-order valence-electron chi connectivity index (χ2n) is 3.05. The Bertz CT molecular complexity index is 122. The summed E-state index contributed by atoms with van der Waals surface area (Å²) in [6.45, 7) is 12.6. The highest BCUT2D eigenvalue weighted by molar-refractivity contribution is 6.82. The van der Waals surface area contributed by atoms with E-state index in [1.54, 1.807) is 0 Å². The molecule has 0 radical (unpaired) electrons. The lowest BCUT2D eigenvalue weighted by atomic mass is 10.7. The van der Waals surface area contributed by atoms with Gasteiger partial charge in [-0.25, -0.2) is 0 Å². The number of hydrogen-bond acceptors (Lipinski definition) is 0. The van der Waals surface area contributed by atoms with Gasteiger partial charge in [0.2, 0.25) is 0 Å². The molecular formula is C7H14Si. The number of rotatable bonds is 1. The summed E-state index contributed by atoms with van der Waals surface area (Å²) < 4.78 is 0. The van der Waals surface area contributed by atoms with E-state index in [9.17, 15) is 0 Å². The average molecular weight is 126 g/mol. The molecule has 46 valence electrons. The molecule has 0 unspecified atom stereocenters. The molecule has 0 rings (SSSR count). The molecule has 0 nitrogen and oxygen atoms in total. The summed E-state index contributed by atoms with van der Waals surface area (Å²) in [4.78, 5) is 0. The van der Waals surface area contributed by atoms with Gasteiger partial charge in [0, 0.05) is 0 Å². The van der Waals surface area contributed by atoms with Crippen molar-refractivity contribution in [3.63, 3.8) is 0 Å². The Morgan fingerprint density at radius 2 is 1.75 bits per heavy atom. The van der Waals surface area contributed by atoms with Crippen LogP contribution in [0.5, 0.6) is 0 Å². The summed E-state index contributed by atoms with van der Waals surface area (Å²) in [6, 6.07) is 0. The Morgan fingerprint density at radius 3 is 1.75 bits per heavy atom. The van der Waals surface area contributed by atoms with Crippen LogP contribution in [0.15, 0.2) is 17.5 Å². The third-order valence-electron chi connectivity index (χ3n) is 1.39. The molecule has 0 aliphatic carbocycles. The normalized spacial score (nSPS) is 10.5. The lowest BCUT2D eigenvalue weighted by molar-refractivity contribution is 1.55. The molecule has 0 aliphatic rings. The first-order valence-corrected chi connectivity index (χ1v) is 6.35. The summed E-state index contributed by atoms with van der Waals surface area (Å²) >= 11 is 0. The molecule has 0 fully saturated rings. The van der Waals surface area contributed by atoms with Gasteiger partial charge in [0.25, 0.3) is 0 Å². The molecular weight excluding hydrogens is 112 g/mol. The number of hydrogen-bond donors (Lipinski definition) is 0. The van der Waals surface area contributed by atoms with Crippen LogP contribution < -0.4 is 0 Å². The van der Waals surface area contributed by atoms with Crippen LogP contribution in [0.4, 0.5) is 0 Å². The van der Waals surface area contributed by atoms with Gasteiger partial charge in [-0.3, -0.25) is 0 Å². The van der Waals surface area contributed by atoms with Crippen molar-refractivity contribution in [1.82, 2.24) is 0 Å². The minimum atomic E-state index is -1.02. The van der Waals surface area contributed by atoms with Crippen LogP contribution in [0.1, 0.15) is 6.92 Å². The van der Waals surface area contributed by atoms with E-state index < -0.39 is 8.07 Å². The van der Waals surface area contributed by atoms with Crippen molar-refractivity contribution in [2.75, 3.05) is 0 Å². The van der Waals surface area contributed by atoms with Gasteiger partial charge in [0.15, 0.2) is 0 Å². The largest absolute Gasteiger partial charge is 0.134 e. The molecule has 1 heteroatoms. The minimum Gasteiger partial charge on any atom is -0.134 e. The molecule has 0 spiro atoms. The van der Waals surface area contributed by atoms with E-state index >= 15 is 0 Å². The maximum absolute atomic E-state index is 3.60. The molecule has 0 aliphatic heterocycles. The molecule has 0 saturated carbocycles. The van der Waals surface area contributed by atoms with Gasteiger partial charge in [-0.1, -0.05) is 26.2 Å². The molecule has 0 aromatic heterocycles. The Hall–Kier alpha value is -0.263. The van der Waals surface area contributed by atoms with Crippen LogP contribution in [-0.4, -0.2) is 8.07 Å². The van der Waals surface area contributed by atoms with Gasteiger partial charge in [0.05, 0.1) is 8.07 Å². The predicted molar refractivity (Wildman–Crippen MR) is 41.7 cm³/mol. The van der Waals surface area contributed by atoms with E-state index in [1.165, 1.54) is 5.20 Å². The van der Waals surface area contributed by atoms with Gasteiger partial charge < -0.3 is 0 Å². The van der Waals surface area contributed by atoms with Gasteiger partial charge >= 0.3 is 0 Å².